The van der Waals surface area contributed by atoms with Gasteiger partial charge in [0.1, 0.15) is 10.6 Å². The van der Waals surface area contributed by atoms with E-state index in [0.29, 0.717) is 24.9 Å². The summed E-state index contributed by atoms with van der Waals surface area (Å²) in [7, 11) is -4.04. The molecule has 1 aromatic carbocycles. The molecule has 1 aromatic heterocycles. The zero-order chi connectivity index (χ0) is 26.5. The smallest absolute Gasteiger partial charge is 0.356 e. The van der Waals surface area contributed by atoms with Crippen molar-refractivity contribution in [1.82, 2.24) is 14.5 Å². The molecule has 1 amide bonds. The van der Waals surface area contributed by atoms with E-state index in [2.05, 4.69) is 15.1 Å². The number of nitrogens with one attached hydrogen (secondary N) is 2. The molecule has 0 saturated carbocycles. The van der Waals surface area contributed by atoms with E-state index in [1.807, 2.05) is 34.6 Å². The molecule has 0 aliphatic heterocycles. The Balaban J connectivity index is 2.61. The Morgan fingerprint density at radius 1 is 1.11 bits per heavy atom. The van der Waals surface area contributed by atoms with Gasteiger partial charge < -0.3 is 15.2 Å². The number of anilines is 1. The molecule has 10 nitrogen and oxygen atoms in total. The van der Waals surface area contributed by atoms with Crippen LogP contribution in [0.5, 0.6) is 11.6 Å². The minimum Gasteiger partial charge on any atom is -0.476 e. The van der Waals surface area contributed by atoms with E-state index in [4.69, 9.17) is 4.74 Å². The lowest BCUT2D eigenvalue weighted by Gasteiger charge is -2.19. The predicted octanol–water partition coefficient (Wildman–Crippen LogP) is 4.71. The highest BCUT2D eigenvalue weighted by Crippen LogP contribution is 2.35. The van der Waals surface area contributed by atoms with Gasteiger partial charge in [0, 0.05) is 23.2 Å². The lowest BCUT2D eigenvalue weighted by molar-refractivity contribution is -0.120. The number of benzene rings is 1. The standard InChI is InChI=1S/C24H36N4O6S/c1-8-15(6)27-35(32,33)20-13-18(25-22(29)17(9-2)10-3)11-12-19(20)34-23-16(7)21(24(30)31)26-28(23)14(4)5/h11-15,17,27H,8-10H2,1-7H3,(H,25,29)(H,30,31)/t15-/m0/s1. The zero-order valence-electron chi connectivity index (χ0n) is 21.4. The number of nitrogens with zero attached hydrogens (tertiary/aromatic N) is 2. The minimum absolute atomic E-state index is 0.0110. The van der Waals surface area contributed by atoms with Crippen LogP contribution in [0.1, 0.15) is 82.9 Å². The van der Waals surface area contributed by atoms with Crippen molar-refractivity contribution in [3.05, 3.63) is 29.5 Å². The number of aromatic nitrogens is 2. The number of hydrogen-bond donors (Lipinski definition) is 3. The molecule has 35 heavy (non-hydrogen) atoms. The Labute approximate surface area is 207 Å². The fourth-order valence-corrected chi connectivity index (χ4v) is 4.96. The maximum Gasteiger partial charge on any atom is 0.356 e. The minimum atomic E-state index is -4.04. The second kappa shape index (κ2) is 11.7. The van der Waals surface area contributed by atoms with Crippen molar-refractivity contribution in [2.75, 3.05) is 5.32 Å². The highest BCUT2D eigenvalue weighted by atomic mass is 32.2. The van der Waals surface area contributed by atoms with Crippen LogP contribution in [0.3, 0.4) is 0 Å². The molecule has 0 saturated heterocycles. The second-order valence-electron chi connectivity index (χ2n) is 8.82. The first-order valence-corrected chi connectivity index (χ1v) is 13.3. The highest BCUT2D eigenvalue weighted by molar-refractivity contribution is 7.89. The van der Waals surface area contributed by atoms with Crippen molar-refractivity contribution in [1.29, 1.82) is 0 Å². The van der Waals surface area contributed by atoms with E-state index in [9.17, 15) is 23.1 Å². The Morgan fingerprint density at radius 3 is 2.26 bits per heavy atom. The lowest BCUT2D eigenvalue weighted by Crippen LogP contribution is -2.32. The summed E-state index contributed by atoms with van der Waals surface area (Å²) in [6.45, 7) is 12.6. The van der Waals surface area contributed by atoms with Crippen molar-refractivity contribution in [3.8, 4) is 11.6 Å². The van der Waals surface area contributed by atoms with Gasteiger partial charge >= 0.3 is 5.97 Å². The van der Waals surface area contributed by atoms with Crippen LogP contribution in [0.15, 0.2) is 23.1 Å². The van der Waals surface area contributed by atoms with Crippen LogP contribution in [0, 0.1) is 12.8 Å². The SMILES string of the molecule is CCC(CC)C(=O)Nc1ccc(Oc2c(C)c(C(=O)O)nn2C(C)C)c(S(=O)(=O)N[C@@H](C)CC)c1. The molecule has 1 heterocycles. The number of carboxylic acids is 1. The van der Waals surface area contributed by atoms with Gasteiger partial charge in [0.2, 0.25) is 21.8 Å². The molecule has 0 spiro atoms. The number of amides is 1. The molecule has 2 aromatic rings. The van der Waals surface area contributed by atoms with Gasteiger partial charge in [0.05, 0.1) is 6.04 Å². The topological polar surface area (TPSA) is 140 Å². The number of rotatable bonds is 12. The number of hydrogen-bond acceptors (Lipinski definition) is 6. The average molecular weight is 509 g/mol. The van der Waals surface area contributed by atoms with Gasteiger partial charge in [-0.2, -0.15) is 5.10 Å². The zero-order valence-corrected chi connectivity index (χ0v) is 22.2. The normalized spacial score (nSPS) is 12.7. The van der Waals surface area contributed by atoms with E-state index in [0.717, 1.165) is 0 Å². The van der Waals surface area contributed by atoms with Crippen LogP contribution in [-0.2, 0) is 14.8 Å². The third-order valence-corrected chi connectivity index (χ3v) is 7.43. The van der Waals surface area contributed by atoms with Crippen LogP contribution in [-0.4, -0.2) is 41.2 Å². The molecule has 194 valence electrons. The average Bonchev–Trinajstić information content (AvgIpc) is 3.11. The molecule has 3 N–H and O–H groups in total. The van der Waals surface area contributed by atoms with Gasteiger partial charge in [-0.25, -0.2) is 22.6 Å². The number of ether oxygens (including phenoxy) is 1. The predicted molar refractivity (Wildman–Crippen MR) is 134 cm³/mol. The Morgan fingerprint density at radius 2 is 1.74 bits per heavy atom. The third kappa shape index (κ3) is 6.61. The maximum absolute atomic E-state index is 13.3. The van der Waals surface area contributed by atoms with Gasteiger partial charge in [-0.05, 0) is 65.2 Å². The molecule has 2 rings (SSSR count). The summed E-state index contributed by atoms with van der Waals surface area (Å²) in [6, 6.07) is 3.78. The fraction of sp³-hybridized carbons (Fsp3) is 0.542. The molecular weight excluding hydrogens is 472 g/mol. The van der Waals surface area contributed by atoms with Crippen LogP contribution in [0.25, 0.3) is 0 Å². The largest absolute Gasteiger partial charge is 0.476 e. The van der Waals surface area contributed by atoms with E-state index in [1.165, 1.54) is 16.8 Å². The second-order valence-corrected chi connectivity index (χ2v) is 10.5. The number of sulfonamides is 1. The van der Waals surface area contributed by atoms with Crippen molar-refractivity contribution in [2.45, 2.75) is 84.7 Å². The van der Waals surface area contributed by atoms with E-state index >= 15 is 0 Å². The van der Waals surface area contributed by atoms with Crippen LogP contribution in [0.4, 0.5) is 5.69 Å². The number of aromatic carboxylic acids is 1. The van der Waals surface area contributed by atoms with Crippen molar-refractivity contribution >= 4 is 27.6 Å². The van der Waals surface area contributed by atoms with E-state index < -0.39 is 16.0 Å². The van der Waals surface area contributed by atoms with Gasteiger partial charge in [-0.3, -0.25) is 4.79 Å². The summed E-state index contributed by atoms with van der Waals surface area (Å²) >= 11 is 0. The number of carbonyl (C=O) groups excluding carboxylic acids is 1. The number of carboxylic acid groups (broad SMARTS) is 1. The first kappa shape index (κ1) is 28.3. The molecule has 0 unspecified atom stereocenters. The monoisotopic (exact) mass is 508 g/mol. The number of carbonyl (C=O) groups is 2. The summed E-state index contributed by atoms with van der Waals surface area (Å²) in [6.07, 6.45) is 1.89. The van der Waals surface area contributed by atoms with Gasteiger partial charge in [-0.1, -0.05) is 20.8 Å². The Bertz CT molecular complexity index is 1170. The van der Waals surface area contributed by atoms with Gasteiger partial charge in [-0.15, -0.1) is 0 Å². The molecule has 0 radical (unpaired) electrons. The molecule has 0 aliphatic rings. The maximum atomic E-state index is 13.3. The quantitative estimate of drug-likeness (QED) is 0.377. The molecule has 0 aliphatic carbocycles. The summed E-state index contributed by atoms with van der Waals surface area (Å²) in [5, 5.41) is 16.4. The van der Waals surface area contributed by atoms with Crippen LogP contribution in [0.2, 0.25) is 0 Å². The Kier molecular flexibility index (Phi) is 9.45. The molecule has 11 heteroatoms. The summed E-state index contributed by atoms with van der Waals surface area (Å²) in [5.74, 6) is -1.48. The lowest BCUT2D eigenvalue weighted by atomic mass is 10.0. The van der Waals surface area contributed by atoms with Crippen molar-refractivity contribution in [2.24, 2.45) is 5.92 Å². The van der Waals surface area contributed by atoms with Crippen molar-refractivity contribution in [3.63, 3.8) is 0 Å². The van der Waals surface area contributed by atoms with E-state index in [1.54, 1.807) is 19.9 Å². The summed E-state index contributed by atoms with van der Waals surface area (Å²) in [5.41, 5.74) is 0.416. The van der Waals surface area contributed by atoms with Crippen LogP contribution >= 0.6 is 0 Å². The van der Waals surface area contributed by atoms with Gasteiger partial charge in [0.15, 0.2) is 5.69 Å². The first-order chi connectivity index (χ1) is 16.4. The fourth-order valence-electron chi connectivity index (χ4n) is 3.48. The molecular formula is C24H36N4O6S. The van der Waals surface area contributed by atoms with Crippen molar-refractivity contribution < 1.29 is 27.9 Å². The Hall–Kier alpha value is -2.92. The van der Waals surface area contributed by atoms with E-state index in [-0.39, 0.29) is 51.7 Å². The summed E-state index contributed by atoms with van der Waals surface area (Å²) < 4.78 is 36.6. The molecule has 0 bridgehead atoms. The summed E-state index contributed by atoms with van der Waals surface area (Å²) in [4.78, 5) is 24.0. The first-order valence-electron chi connectivity index (χ1n) is 11.8. The third-order valence-electron chi connectivity index (χ3n) is 5.82. The van der Waals surface area contributed by atoms with Crippen LogP contribution < -0.4 is 14.8 Å². The van der Waals surface area contributed by atoms with Gasteiger partial charge in [0.25, 0.3) is 0 Å². The molecule has 0 fully saturated rings. The molecule has 1 atom stereocenters. The highest BCUT2D eigenvalue weighted by Gasteiger charge is 2.27.